The van der Waals surface area contributed by atoms with E-state index in [2.05, 4.69) is 23.8 Å². The van der Waals surface area contributed by atoms with E-state index in [1.807, 2.05) is 69.2 Å². The molecule has 1 aromatic heterocycles. The summed E-state index contributed by atoms with van der Waals surface area (Å²) in [5.74, 6) is 1.96. The molecule has 1 aliphatic heterocycles. The van der Waals surface area contributed by atoms with Crippen molar-refractivity contribution in [3.05, 3.63) is 105 Å². The smallest absolute Gasteiger partial charge is 0.341 e. The number of aromatic nitrogens is 2. The Morgan fingerprint density at radius 2 is 1.27 bits per heavy atom. The molecule has 1 saturated heterocycles. The second kappa shape index (κ2) is 12.1. The van der Waals surface area contributed by atoms with Gasteiger partial charge in [0.15, 0.2) is 0 Å². The second-order valence-corrected chi connectivity index (χ2v) is 7.57. The van der Waals surface area contributed by atoms with Crippen LogP contribution in [0.15, 0.2) is 30.3 Å². The van der Waals surface area contributed by atoms with Crippen LogP contribution in [0.2, 0.25) is 5.02 Å². The van der Waals surface area contributed by atoms with Crippen molar-refractivity contribution in [1.82, 2.24) is 9.97 Å². The van der Waals surface area contributed by atoms with Crippen molar-refractivity contribution < 1.29 is 17.1 Å². The molecule has 0 spiro atoms. The molecule has 5 rings (SSSR count). The van der Waals surface area contributed by atoms with E-state index < -0.39 is 0 Å². The maximum Gasteiger partial charge on any atom is 2.00 e. The Morgan fingerprint density at radius 1 is 0.700 bits per heavy atom. The summed E-state index contributed by atoms with van der Waals surface area (Å²) in [6.07, 6.45) is 22.0. The Hall–Kier alpha value is -1.09. The minimum absolute atomic E-state index is 0. The molecule has 0 bridgehead atoms. The standard InChI is InChI=1S/C20H19ClN3.C5H5.Fe/c21-17-10-8-16(9-11-17)19-14-18(15-6-2-3-7-15)22-20(23-19)24-12-4-1-5-13-24;1-2-4-5-3-1;/h2-3,6-11,14H,1,4-5,12-13H2;1-5H;/q;;+2. The fourth-order valence-electron chi connectivity index (χ4n) is 3.45. The van der Waals surface area contributed by atoms with Gasteiger partial charge < -0.3 is 4.90 Å². The van der Waals surface area contributed by atoms with Gasteiger partial charge in [-0.05, 0) is 95.2 Å². The van der Waals surface area contributed by atoms with Crippen LogP contribution >= 0.6 is 11.6 Å². The molecule has 2 heterocycles. The Kier molecular flexibility index (Phi) is 9.49. The van der Waals surface area contributed by atoms with Crippen LogP contribution in [0.25, 0.3) is 11.3 Å². The van der Waals surface area contributed by atoms with Gasteiger partial charge in [-0.3, -0.25) is 0 Å². The number of nitrogens with zero attached hydrogens (tertiary/aromatic N) is 3. The van der Waals surface area contributed by atoms with Crippen molar-refractivity contribution in [3.8, 4) is 11.3 Å². The first-order valence-electron chi connectivity index (χ1n) is 10.1. The summed E-state index contributed by atoms with van der Waals surface area (Å²) in [6.45, 7) is 2.06. The molecule has 5 heteroatoms. The van der Waals surface area contributed by atoms with Crippen LogP contribution in [0.3, 0.4) is 0 Å². The quantitative estimate of drug-likeness (QED) is 0.565. The molecule has 0 unspecified atom stereocenters. The summed E-state index contributed by atoms with van der Waals surface area (Å²) >= 11 is 6.02. The number of halogens is 1. The van der Waals surface area contributed by atoms with E-state index in [4.69, 9.17) is 21.6 Å². The summed E-state index contributed by atoms with van der Waals surface area (Å²) in [5, 5.41) is 0.736. The zero-order valence-electron chi connectivity index (χ0n) is 16.7. The first-order chi connectivity index (χ1) is 14.3. The predicted octanol–water partition coefficient (Wildman–Crippen LogP) is 5.56. The maximum absolute atomic E-state index is 6.02. The van der Waals surface area contributed by atoms with Crippen LogP contribution < -0.4 is 4.90 Å². The molecular weight excluding hydrogens is 434 g/mol. The van der Waals surface area contributed by atoms with Crippen LogP contribution in [-0.4, -0.2) is 23.1 Å². The van der Waals surface area contributed by atoms with Gasteiger partial charge in [0.2, 0.25) is 5.95 Å². The van der Waals surface area contributed by atoms with Gasteiger partial charge in [0.1, 0.15) is 0 Å². The first kappa shape index (κ1) is 23.6. The third-order valence-corrected chi connectivity index (χ3v) is 5.26. The average Bonchev–Trinajstić information content (AvgIpc) is 3.51. The first-order valence-corrected chi connectivity index (χ1v) is 10.5. The van der Waals surface area contributed by atoms with E-state index in [0.29, 0.717) is 0 Å². The minimum atomic E-state index is 0. The molecule has 0 atom stereocenters. The van der Waals surface area contributed by atoms with Crippen LogP contribution in [0.5, 0.6) is 0 Å². The fraction of sp³-hybridized carbons (Fsp3) is 0.200. The Morgan fingerprint density at radius 3 is 1.87 bits per heavy atom. The Balaban J connectivity index is 0.000000376. The molecule has 3 nitrogen and oxygen atoms in total. The largest absolute Gasteiger partial charge is 2.00 e. The third kappa shape index (κ3) is 6.45. The number of piperidine rings is 1. The van der Waals surface area contributed by atoms with E-state index in [1.165, 1.54) is 19.3 Å². The molecule has 2 saturated carbocycles. The Bertz CT molecular complexity index is 757. The van der Waals surface area contributed by atoms with Crippen molar-refractivity contribution in [1.29, 1.82) is 0 Å². The SMILES string of the molecule is Clc1ccc(-c2cc([C]3[CH][CH][CH][CH]3)nc(N3CCCCC3)n2)cc1.[CH]1[CH][CH][CH][CH]1.[Fe+2]. The number of anilines is 1. The van der Waals surface area contributed by atoms with Crippen molar-refractivity contribution in [2.45, 2.75) is 19.3 Å². The van der Waals surface area contributed by atoms with Crippen molar-refractivity contribution in [2.24, 2.45) is 0 Å². The Labute approximate surface area is 197 Å². The van der Waals surface area contributed by atoms with E-state index in [9.17, 15) is 0 Å². The molecule has 30 heavy (non-hydrogen) atoms. The molecule has 1 aromatic carbocycles. The van der Waals surface area contributed by atoms with E-state index in [0.717, 1.165) is 46.9 Å². The second-order valence-electron chi connectivity index (χ2n) is 7.13. The summed E-state index contributed by atoms with van der Waals surface area (Å²) in [5.41, 5.74) is 2.98. The van der Waals surface area contributed by atoms with Crippen LogP contribution in [0, 0.1) is 63.7 Å². The molecule has 2 aromatic rings. The number of benzene rings is 1. The number of hydrogen-bond donors (Lipinski definition) is 0. The predicted molar refractivity (Wildman–Crippen MR) is 120 cm³/mol. The zero-order valence-corrected chi connectivity index (χ0v) is 18.6. The van der Waals surface area contributed by atoms with E-state index >= 15 is 0 Å². The van der Waals surface area contributed by atoms with E-state index in [-0.39, 0.29) is 17.1 Å². The van der Waals surface area contributed by atoms with Crippen molar-refractivity contribution >= 4 is 17.5 Å². The molecule has 0 amide bonds. The van der Waals surface area contributed by atoms with Crippen molar-refractivity contribution in [3.63, 3.8) is 0 Å². The molecular formula is C25H24ClFeN3+2. The molecule has 2 aliphatic carbocycles. The van der Waals surface area contributed by atoms with Gasteiger partial charge in [0.05, 0.1) is 11.4 Å². The van der Waals surface area contributed by atoms with Crippen molar-refractivity contribution in [2.75, 3.05) is 18.0 Å². The van der Waals surface area contributed by atoms with Gasteiger partial charge in [0, 0.05) is 29.6 Å². The minimum Gasteiger partial charge on any atom is -0.341 e. The summed E-state index contributed by atoms with van der Waals surface area (Å²) in [4.78, 5) is 12.0. The molecule has 10 radical (unpaired) electrons. The van der Waals surface area contributed by atoms with Gasteiger partial charge in [-0.25, -0.2) is 9.97 Å². The maximum atomic E-state index is 6.02. The number of hydrogen-bond acceptors (Lipinski definition) is 3. The summed E-state index contributed by atoms with van der Waals surface area (Å²) in [7, 11) is 0. The zero-order chi connectivity index (χ0) is 19.9. The van der Waals surface area contributed by atoms with Crippen LogP contribution in [-0.2, 0) is 17.1 Å². The molecule has 3 fully saturated rings. The van der Waals surface area contributed by atoms with Gasteiger partial charge >= 0.3 is 17.1 Å². The normalized spacial score (nSPS) is 19.2. The van der Waals surface area contributed by atoms with Gasteiger partial charge in [-0.15, -0.1) is 0 Å². The van der Waals surface area contributed by atoms with Gasteiger partial charge in [-0.1, -0.05) is 23.7 Å². The van der Waals surface area contributed by atoms with Crippen LogP contribution in [0.1, 0.15) is 25.0 Å². The number of rotatable bonds is 3. The van der Waals surface area contributed by atoms with Gasteiger partial charge in [-0.2, -0.15) is 0 Å². The average molecular weight is 458 g/mol. The van der Waals surface area contributed by atoms with Crippen LogP contribution in [0.4, 0.5) is 5.95 Å². The fourth-order valence-corrected chi connectivity index (χ4v) is 3.58. The topological polar surface area (TPSA) is 29.0 Å². The third-order valence-electron chi connectivity index (χ3n) is 5.01. The molecule has 3 aliphatic rings. The summed E-state index contributed by atoms with van der Waals surface area (Å²) in [6, 6.07) is 9.90. The molecule has 152 valence electrons. The van der Waals surface area contributed by atoms with E-state index in [1.54, 1.807) is 0 Å². The summed E-state index contributed by atoms with van der Waals surface area (Å²) < 4.78 is 0. The molecule has 0 N–H and O–H groups in total. The van der Waals surface area contributed by atoms with Gasteiger partial charge in [0.25, 0.3) is 0 Å². The monoisotopic (exact) mass is 457 g/mol.